The summed E-state index contributed by atoms with van der Waals surface area (Å²) < 4.78 is -0.122. The van der Waals surface area contributed by atoms with E-state index in [2.05, 4.69) is 75.8 Å². The Labute approximate surface area is 116 Å². The molecule has 0 saturated heterocycles. The van der Waals surface area contributed by atoms with Crippen LogP contribution in [-0.4, -0.2) is 6.54 Å². The van der Waals surface area contributed by atoms with E-state index in [0.29, 0.717) is 0 Å². The van der Waals surface area contributed by atoms with E-state index >= 15 is 0 Å². The molecule has 3 rings (SSSR count). The predicted molar refractivity (Wildman–Crippen MR) is 78.9 cm³/mol. The summed E-state index contributed by atoms with van der Waals surface area (Å²) >= 11 is 3.92. The first kappa shape index (κ1) is 11.9. The van der Waals surface area contributed by atoms with E-state index in [1.165, 1.54) is 16.7 Å². The topological polar surface area (TPSA) is 12.0 Å². The van der Waals surface area contributed by atoms with Crippen LogP contribution in [0.25, 0.3) is 0 Å². The van der Waals surface area contributed by atoms with E-state index in [4.69, 9.17) is 0 Å². The summed E-state index contributed by atoms with van der Waals surface area (Å²) in [5.74, 6) is 0. The molecule has 1 aliphatic rings. The van der Waals surface area contributed by atoms with E-state index in [0.717, 1.165) is 19.4 Å². The minimum absolute atomic E-state index is 0.122. The van der Waals surface area contributed by atoms with Crippen LogP contribution >= 0.6 is 15.9 Å². The SMILES string of the molecule is BrC1(Cc2ccccc2)NCCc2ccccc21. The molecule has 1 N–H and O–H groups in total. The molecule has 0 fully saturated rings. The van der Waals surface area contributed by atoms with Gasteiger partial charge in [-0.05, 0) is 23.1 Å². The van der Waals surface area contributed by atoms with E-state index in [-0.39, 0.29) is 4.45 Å². The Kier molecular flexibility index (Phi) is 3.23. The molecule has 0 radical (unpaired) electrons. The Morgan fingerprint density at radius 1 is 1.00 bits per heavy atom. The van der Waals surface area contributed by atoms with Crippen molar-refractivity contribution >= 4 is 15.9 Å². The zero-order valence-corrected chi connectivity index (χ0v) is 11.8. The van der Waals surface area contributed by atoms with Crippen molar-refractivity contribution in [3.8, 4) is 0 Å². The van der Waals surface area contributed by atoms with Gasteiger partial charge in [0.25, 0.3) is 0 Å². The summed E-state index contributed by atoms with van der Waals surface area (Å²) in [5.41, 5.74) is 4.17. The summed E-state index contributed by atoms with van der Waals surface area (Å²) in [5, 5.41) is 3.62. The number of hydrogen-bond acceptors (Lipinski definition) is 1. The zero-order chi connectivity index (χ0) is 12.4. The van der Waals surface area contributed by atoms with Gasteiger partial charge in [-0.2, -0.15) is 0 Å². The Balaban J connectivity index is 1.96. The lowest BCUT2D eigenvalue weighted by Crippen LogP contribution is -2.44. The van der Waals surface area contributed by atoms with E-state index in [9.17, 15) is 0 Å². The van der Waals surface area contributed by atoms with Gasteiger partial charge in [-0.25, -0.2) is 0 Å². The monoisotopic (exact) mass is 301 g/mol. The molecular weight excluding hydrogens is 286 g/mol. The van der Waals surface area contributed by atoms with Crippen LogP contribution in [0, 0.1) is 0 Å². The Hall–Kier alpha value is -1.12. The van der Waals surface area contributed by atoms with E-state index in [1.54, 1.807) is 0 Å². The molecule has 0 aliphatic carbocycles. The fourth-order valence-electron chi connectivity index (χ4n) is 2.65. The number of alkyl halides is 1. The van der Waals surface area contributed by atoms with Crippen molar-refractivity contribution in [2.45, 2.75) is 17.3 Å². The third-order valence-electron chi connectivity index (χ3n) is 3.53. The highest BCUT2D eigenvalue weighted by Crippen LogP contribution is 2.37. The summed E-state index contributed by atoms with van der Waals surface area (Å²) in [6, 6.07) is 19.3. The largest absolute Gasteiger partial charge is 0.298 e. The highest BCUT2D eigenvalue weighted by atomic mass is 79.9. The van der Waals surface area contributed by atoms with E-state index in [1.807, 2.05) is 0 Å². The van der Waals surface area contributed by atoms with Gasteiger partial charge in [0, 0.05) is 13.0 Å². The van der Waals surface area contributed by atoms with Crippen LogP contribution in [0.5, 0.6) is 0 Å². The summed E-state index contributed by atoms with van der Waals surface area (Å²) in [6.45, 7) is 1.02. The number of hydrogen-bond donors (Lipinski definition) is 1. The second kappa shape index (κ2) is 4.87. The maximum Gasteiger partial charge on any atom is 0.104 e. The number of nitrogens with one attached hydrogen (secondary N) is 1. The molecule has 1 heterocycles. The molecule has 1 unspecified atom stereocenters. The van der Waals surface area contributed by atoms with Crippen LogP contribution in [0.3, 0.4) is 0 Å². The molecule has 0 aromatic heterocycles. The Morgan fingerprint density at radius 3 is 2.56 bits per heavy atom. The van der Waals surface area contributed by atoms with Crippen LogP contribution in [0.2, 0.25) is 0 Å². The second-order valence-corrected chi connectivity index (χ2v) is 6.15. The number of halogens is 1. The molecule has 2 heteroatoms. The van der Waals surface area contributed by atoms with Crippen molar-refractivity contribution < 1.29 is 0 Å². The van der Waals surface area contributed by atoms with Gasteiger partial charge in [-0.3, -0.25) is 5.32 Å². The van der Waals surface area contributed by atoms with Crippen molar-refractivity contribution in [3.63, 3.8) is 0 Å². The molecule has 1 nitrogen and oxygen atoms in total. The number of benzene rings is 2. The fraction of sp³-hybridized carbons (Fsp3) is 0.250. The van der Waals surface area contributed by atoms with Crippen LogP contribution in [0.15, 0.2) is 54.6 Å². The van der Waals surface area contributed by atoms with Gasteiger partial charge >= 0.3 is 0 Å². The van der Waals surface area contributed by atoms with Gasteiger partial charge in [-0.1, -0.05) is 70.5 Å². The number of fused-ring (bicyclic) bond motifs is 1. The van der Waals surface area contributed by atoms with Crippen molar-refractivity contribution in [1.29, 1.82) is 0 Å². The highest BCUT2D eigenvalue weighted by molar-refractivity contribution is 9.09. The van der Waals surface area contributed by atoms with Crippen molar-refractivity contribution in [2.75, 3.05) is 6.54 Å². The molecule has 0 bridgehead atoms. The zero-order valence-electron chi connectivity index (χ0n) is 10.2. The minimum Gasteiger partial charge on any atom is -0.298 e. The predicted octanol–water partition coefficient (Wildman–Crippen LogP) is 3.62. The smallest absolute Gasteiger partial charge is 0.104 e. The molecule has 1 atom stereocenters. The molecule has 2 aromatic rings. The minimum atomic E-state index is -0.122. The normalized spacial score (nSPS) is 22.5. The number of rotatable bonds is 2. The van der Waals surface area contributed by atoms with Crippen LogP contribution in [-0.2, 0) is 17.3 Å². The van der Waals surface area contributed by atoms with Crippen molar-refractivity contribution in [1.82, 2.24) is 5.32 Å². The summed E-state index contributed by atoms with van der Waals surface area (Å²) in [4.78, 5) is 0. The van der Waals surface area contributed by atoms with E-state index < -0.39 is 0 Å². The quantitative estimate of drug-likeness (QED) is 0.660. The van der Waals surface area contributed by atoms with Crippen LogP contribution in [0.1, 0.15) is 16.7 Å². The maximum atomic E-state index is 3.92. The average Bonchev–Trinajstić information content (AvgIpc) is 2.40. The summed E-state index contributed by atoms with van der Waals surface area (Å²) in [7, 11) is 0. The Morgan fingerprint density at radius 2 is 1.72 bits per heavy atom. The lowest BCUT2D eigenvalue weighted by molar-refractivity contribution is 0.465. The first-order chi connectivity index (χ1) is 8.78. The molecule has 2 aromatic carbocycles. The molecule has 1 aliphatic heterocycles. The average molecular weight is 302 g/mol. The van der Waals surface area contributed by atoms with Crippen molar-refractivity contribution in [2.24, 2.45) is 0 Å². The van der Waals surface area contributed by atoms with Crippen molar-refractivity contribution in [3.05, 3.63) is 71.3 Å². The molecular formula is C16H16BrN. The van der Waals surface area contributed by atoms with Crippen LogP contribution < -0.4 is 5.32 Å². The van der Waals surface area contributed by atoms with Gasteiger partial charge in [0.05, 0.1) is 0 Å². The lowest BCUT2D eigenvalue weighted by Gasteiger charge is -2.35. The third-order valence-corrected chi connectivity index (χ3v) is 4.52. The second-order valence-electron chi connectivity index (χ2n) is 4.80. The maximum absolute atomic E-state index is 3.92. The first-order valence-corrected chi connectivity index (χ1v) is 7.13. The van der Waals surface area contributed by atoms with Crippen LogP contribution in [0.4, 0.5) is 0 Å². The first-order valence-electron chi connectivity index (χ1n) is 6.34. The summed E-state index contributed by atoms with van der Waals surface area (Å²) in [6.07, 6.45) is 2.07. The highest BCUT2D eigenvalue weighted by Gasteiger charge is 2.33. The molecule has 0 amide bonds. The molecule has 0 spiro atoms. The molecule has 0 saturated carbocycles. The third kappa shape index (κ3) is 2.23. The van der Waals surface area contributed by atoms with Gasteiger partial charge in [-0.15, -0.1) is 0 Å². The molecule has 18 heavy (non-hydrogen) atoms. The van der Waals surface area contributed by atoms with Gasteiger partial charge in [0.2, 0.25) is 0 Å². The Bertz CT molecular complexity index is 538. The lowest BCUT2D eigenvalue weighted by atomic mass is 9.90. The van der Waals surface area contributed by atoms with Gasteiger partial charge in [0.15, 0.2) is 0 Å². The van der Waals surface area contributed by atoms with Gasteiger partial charge < -0.3 is 0 Å². The van der Waals surface area contributed by atoms with Gasteiger partial charge in [0.1, 0.15) is 4.45 Å². The fourth-order valence-corrected chi connectivity index (χ4v) is 3.56. The molecule has 92 valence electrons. The standard InChI is InChI=1S/C16H16BrN/c17-16(12-13-6-2-1-3-7-13)15-9-5-4-8-14(15)10-11-18-16/h1-9,18H,10-12H2.